The quantitative estimate of drug-likeness (QED) is 0.640. The van der Waals surface area contributed by atoms with Crippen molar-refractivity contribution in [1.82, 2.24) is 10.2 Å². The number of nitrogens with zero attached hydrogens (tertiary/aromatic N) is 1. The molecule has 2 unspecified atom stereocenters. The number of benzene rings is 1. The topological polar surface area (TPSA) is 27.3 Å². The molecule has 3 nitrogen and oxygen atoms in total. The molecule has 1 aromatic rings. The number of rotatable bonds is 5. The molecule has 1 heterocycles. The molecule has 2 rings (SSSR count). The highest BCUT2D eigenvalue weighted by molar-refractivity contribution is 7.80. The first kappa shape index (κ1) is 17.2. The molecular formula is C18H29N3S. The van der Waals surface area contributed by atoms with Crippen LogP contribution in [0, 0.1) is 18.8 Å². The summed E-state index contributed by atoms with van der Waals surface area (Å²) in [5.41, 5.74) is 2.30. The summed E-state index contributed by atoms with van der Waals surface area (Å²) in [5, 5.41) is 7.24. The molecule has 0 amide bonds. The van der Waals surface area contributed by atoms with E-state index in [1.807, 2.05) is 0 Å². The maximum atomic E-state index is 5.34. The van der Waals surface area contributed by atoms with E-state index in [0.717, 1.165) is 37.0 Å². The summed E-state index contributed by atoms with van der Waals surface area (Å²) in [6.07, 6.45) is 2.51. The second-order valence-corrected chi connectivity index (χ2v) is 7.21. The van der Waals surface area contributed by atoms with Crippen LogP contribution in [0.15, 0.2) is 24.3 Å². The fourth-order valence-corrected chi connectivity index (χ4v) is 3.51. The van der Waals surface area contributed by atoms with Crippen LogP contribution in [0.4, 0.5) is 5.69 Å². The molecule has 122 valence electrons. The van der Waals surface area contributed by atoms with E-state index in [4.69, 9.17) is 12.2 Å². The summed E-state index contributed by atoms with van der Waals surface area (Å²) in [4.78, 5) is 2.59. The first-order valence-corrected chi connectivity index (χ1v) is 8.77. The Morgan fingerprint density at radius 2 is 1.82 bits per heavy atom. The van der Waals surface area contributed by atoms with Crippen LogP contribution in [-0.4, -0.2) is 36.2 Å². The van der Waals surface area contributed by atoms with Crippen LogP contribution >= 0.6 is 12.2 Å². The number of piperidine rings is 1. The molecule has 4 heteroatoms. The van der Waals surface area contributed by atoms with Gasteiger partial charge in [0.15, 0.2) is 5.11 Å². The van der Waals surface area contributed by atoms with Crippen molar-refractivity contribution in [3.8, 4) is 0 Å². The number of aryl methyl sites for hydroxylation is 1. The van der Waals surface area contributed by atoms with Gasteiger partial charge in [0.25, 0.3) is 0 Å². The van der Waals surface area contributed by atoms with E-state index in [9.17, 15) is 0 Å². The minimum absolute atomic E-state index is 0.712. The molecule has 0 bridgehead atoms. The lowest BCUT2D eigenvalue weighted by Crippen LogP contribution is -2.40. The summed E-state index contributed by atoms with van der Waals surface area (Å²) in [5.74, 6) is 1.67. The summed E-state index contributed by atoms with van der Waals surface area (Å²) in [7, 11) is 0. The summed E-state index contributed by atoms with van der Waals surface area (Å²) < 4.78 is 0. The van der Waals surface area contributed by atoms with Gasteiger partial charge in [0.05, 0.1) is 0 Å². The predicted molar refractivity (Wildman–Crippen MR) is 99.4 cm³/mol. The van der Waals surface area contributed by atoms with E-state index in [1.165, 1.54) is 25.1 Å². The Kier molecular flexibility index (Phi) is 6.65. The molecule has 1 aliphatic rings. The van der Waals surface area contributed by atoms with Gasteiger partial charge in [-0.2, -0.15) is 0 Å². The lowest BCUT2D eigenvalue weighted by molar-refractivity contribution is 0.140. The van der Waals surface area contributed by atoms with Gasteiger partial charge in [-0.15, -0.1) is 0 Å². The van der Waals surface area contributed by atoms with Gasteiger partial charge >= 0.3 is 0 Å². The normalized spacial score (nSPS) is 22.3. The number of likely N-dealkylation sites (tertiary alicyclic amines) is 1. The van der Waals surface area contributed by atoms with Crippen molar-refractivity contribution in [1.29, 1.82) is 0 Å². The summed E-state index contributed by atoms with van der Waals surface area (Å²) in [6.45, 7) is 11.4. The second kappa shape index (κ2) is 8.49. The highest BCUT2D eigenvalue weighted by Gasteiger charge is 2.20. The van der Waals surface area contributed by atoms with Crippen LogP contribution < -0.4 is 10.6 Å². The molecule has 0 radical (unpaired) electrons. The number of thiocarbonyl (C=S) groups is 1. The van der Waals surface area contributed by atoms with Crippen LogP contribution in [0.1, 0.15) is 32.3 Å². The number of hydrogen-bond acceptors (Lipinski definition) is 2. The summed E-state index contributed by atoms with van der Waals surface area (Å²) >= 11 is 5.34. The van der Waals surface area contributed by atoms with Gasteiger partial charge in [0, 0.05) is 25.3 Å². The molecule has 0 aliphatic carbocycles. The van der Waals surface area contributed by atoms with Crippen LogP contribution in [0.5, 0.6) is 0 Å². The van der Waals surface area contributed by atoms with Crippen LogP contribution in [-0.2, 0) is 0 Å². The Morgan fingerprint density at radius 1 is 1.18 bits per heavy atom. The molecule has 1 fully saturated rings. The Hall–Kier alpha value is -1.13. The monoisotopic (exact) mass is 319 g/mol. The number of nitrogens with one attached hydrogen (secondary N) is 2. The smallest absolute Gasteiger partial charge is 0.170 e. The summed E-state index contributed by atoms with van der Waals surface area (Å²) in [6, 6.07) is 8.28. The number of hydrogen-bond donors (Lipinski definition) is 2. The van der Waals surface area contributed by atoms with Gasteiger partial charge in [-0.25, -0.2) is 0 Å². The minimum Gasteiger partial charge on any atom is -0.362 e. The fourth-order valence-electron chi connectivity index (χ4n) is 3.29. The average Bonchev–Trinajstić information content (AvgIpc) is 2.45. The Bertz CT molecular complexity index is 462. The zero-order valence-corrected chi connectivity index (χ0v) is 14.9. The van der Waals surface area contributed by atoms with E-state index in [2.05, 4.69) is 60.6 Å². The first-order chi connectivity index (χ1) is 10.5. The van der Waals surface area contributed by atoms with Crippen molar-refractivity contribution in [3.63, 3.8) is 0 Å². The van der Waals surface area contributed by atoms with E-state index in [-0.39, 0.29) is 0 Å². The lowest BCUT2D eigenvalue weighted by Gasteiger charge is -2.34. The van der Waals surface area contributed by atoms with Gasteiger partial charge in [-0.05, 0) is 62.5 Å². The Morgan fingerprint density at radius 3 is 2.45 bits per heavy atom. The largest absolute Gasteiger partial charge is 0.362 e. The average molecular weight is 320 g/mol. The standard InChI is InChI=1S/C18H29N3S/c1-14-5-7-17(8-6-14)20-18(22)19-9-4-10-21-12-15(2)11-16(3)13-21/h5-8,15-16H,4,9-13H2,1-3H3,(H2,19,20,22). The molecule has 1 aromatic carbocycles. The molecule has 0 spiro atoms. The van der Waals surface area contributed by atoms with Crippen molar-refractivity contribution in [2.45, 2.75) is 33.6 Å². The van der Waals surface area contributed by atoms with Crippen LogP contribution in [0.25, 0.3) is 0 Å². The Balaban J connectivity index is 1.62. The van der Waals surface area contributed by atoms with Gasteiger partial charge < -0.3 is 15.5 Å². The van der Waals surface area contributed by atoms with Gasteiger partial charge in [0.2, 0.25) is 0 Å². The third kappa shape index (κ3) is 5.93. The maximum absolute atomic E-state index is 5.34. The molecule has 1 aliphatic heterocycles. The SMILES string of the molecule is Cc1ccc(NC(=S)NCCCN2CC(C)CC(C)C2)cc1. The van der Waals surface area contributed by atoms with Crippen LogP contribution in [0.3, 0.4) is 0 Å². The lowest BCUT2D eigenvalue weighted by atomic mass is 9.92. The highest BCUT2D eigenvalue weighted by atomic mass is 32.1. The first-order valence-electron chi connectivity index (χ1n) is 8.37. The van der Waals surface area contributed by atoms with E-state index >= 15 is 0 Å². The third-order valence-corrected chi connectivity index (χ3v) is 4.44. The van der Waals surface area contributed by atoms with E-state index < -0.39 is 0 Å². The third-order valence-electron chi connectivity index (χ3n) is 4.19. The Labute approximate surface area is 140 Å². The van der Waals surface area contributed by atoms with Gasteiger partial charge in [0.1, 0.15) is 0 Å². The molecule has 1 saturated heterocycles. The van der Waals surface area contributed by atoms with E-state index in [1.54, 1.807) is 0 Å². The number of anilines is 1. The second-order valence-electron chi connectivity index (χ2n) is 6.81. The molecular weight excluding hydrogens is 290 g/mol. The zero-order chi connectivity index (χ0) is 15.9. The predicted octanol–water partition coefficient (Wildman–Crippen LogP) is 3.65. The van der Waals surface area contributed by atoms with Gasteiger partial charge in [-0.1, -0.05) is 31.5 Å². The fraction of sp³-hybridized carbons (Fsp3) is 0.611. The minimum atomic E-state index is 0.712. The zero-order valence-electron chi connectivity index (χ0n) is 14.1. The van der Waals surface area contributed by atoms with Crippen molar-refractivity contribution >= 4 is 23.0 Å². The molecule has 2 atom stereocenters. The van der Waals surface area contributed by atoms with Crippen molar-refractivity contribution in [2.75, 3.05) is 31.5 Å². The van der Waals surface area contributed by atoms with Crippen molar-refractivity contribution < 1.29 is 0 Å². The van der Waals surface area contributed by atoms with Gasteiger partial charge in [-0.3, -0.25) is 0 Å². The van der Waals surface area contributed by atoms with E-state index in [0.29, 0.717) is 5.11 Å². The maximum Gasteiger partial charge on any atom is 0.170 e. The van der Waals surface area contributed by atoms with Crippen molar-refractivity contribution in [2.24, 2.45) is 11.8 Å². The molecule has 0 saturated carbocycles. The molecule has 0 aromatic heterocycles. The molecule has 22 heavy (non-hydrogen) atoms. The van der Waals surface area contributed by atoms with Crippen molar-refractivity contribution in [3.05, 3.63) is 29.8 Å². The highest BCUT2D eigenvalue weighted by Crippen LogP contribution is 2.20. The molecule has 2 N–H and O–H groups in total. The van der Waals surface area contributed by atoms with Crippen LogP contribution in [0.2, 0.25) is 0 Å².